The first-order valence-corrected chi connectivity index (χ1v) is 4.90. The molecule has 0 aliphatic carbocycles. The Morgan fingerprint density at radius 3 is 2.87 bits per heavy atom. The lowest BCUT2D eigenvalue weighted by atomic mass is 10.3. The number of aliphatic imine (C=N–C) groups is 1. The van der Waals surface area contributed by atoms with Crippen molar-refractivity contribution in [1.82, 2.24) is 20.9 Å². The Balaban J connectivity index is 2.58. The van der Waals surface area contributed by atoms with Crippen molar-refractivity contribution in [2.24, 2.45) is 10.8 Å². The fourth-order valence-corrected chi connectivity index (χ4v) is 1.11. The van der Waals surface area contributed by atoms with Gasteiger partial charge in [0.2, 0.25) is 5.96 Å². The van der Waals surface area contributed by atoms with Gasteiger partial charge in [0.1, 0.15) is 0 Å². The predicted octanol–water partition coefficient (Wildman–Crippen LogP) is 0.0354. The zero-order valence-electron chi connectivity index (χ0n) is 9.33. The van der Waals surface area contributed by atoms with Gasteiger partial charge >= 0.3 is 0 Å². The molecule has 0 saturated carbocycles. The highest BCUT2D eigenvalue weighted by Gasteiger charge is 2.01. The van der Waals surface area contributed by atoms with Crippen LogP contribution in [-0.2, 0) is 6.54 Å². The van der Waals surface area contributed by atoms with Crippen LogP contribution in [0.15, 0.2) is 11.2 Å². The lowest BCUT2D eigenvalue weighted by Gasteiger charge is -2.11. The number of aromatic nitrogens is 2. The van der Waals surface area contributed by atoms with Crippen molar-refractivity contribution >= 4 is 5.96 Å². The Kier molecular flexibility index (Phi) is 4.11. The molecule has 1 aromatic heterocycles. The standard InChI is InChI=1S/C9H18N6/c1-6(2)13-9(14-10)11-4-8-5-12-15-7(8)3/h5-6H,4,10H2,1-3H3,(H,12,15)(H2,11,13,14). The minimum Gasteiger partial charge on any atom is -0.353 e. The molecule has 6 heteroatoms. The summed E-state index contributed by atoms with van der Waals surface area (Å²) in [6.45, 7) is 6.57. The SMILES string of the molecule is Cc1[nH]ncc1CN=C(NN)NC(C)C. The van der Waals surface area contributed by atoms with Gasteiger partial charge in [0.15, 0.2) is 0 Å². The van der Waals surface area contributed by atoms with Crippen LogP contribution in [0.5, 0.6) is 0 Å². The molecule has 0 atom stereocenters. The highest BCUT2D eigenvalue weighted by Crippen LogP contribution is 2.03. The third kappa shape index (κ3) is 3.59. The van der Waals surface area contributed by atoms with Gasteiger partial charge in [-0.2, -0.15) is 5.10 Å². The second-order valence-corrected chi connectivity index (χ2v) is 3.63. The monoisotopic (exact) mass is 210 g/mol. The Hall–Kier alpha value is -1.56. The first-order chi connectivity index (χ1) is 7.13. The van der Waals surface area contributed by atoms with Crippen molar-refractivity contribution in [2.75, 3.05) is 0 Å². The van der Waals surface area contributed by atoms with Crippen molar-refractivity contribution < 1.29 is 0 Å². The maximum atomic E-state index is 5.33. The molecule has 0 radical (unpaired) electrons. The fraction of sp³-hybridized carbons (Fsp3) is 0.556. The normalized spacial score (nSPS) is 11.9. The number of nitrogens with one attached hydrogen (secondary N) is 3. The van der Waals surface area contributed by atoms with E-state index in [0.29, 0.717) is 18.5 Å². The lowest BCUT2D eigenvalue weighted by molar-refractivity contribution is 0.702. The van der Waals surface area contributed by atoms with E-state index < -0.39 is 0 Å². The number of hydrogen-bond acceptors (Lipinski definition) is 3. The number of H-pyrrole nitrogens is 1. The highest BCUT2D eigenvalue weighted by molar-refractivity contribution is 5.79. The van der Waals surface area contributed by atoms with E-state index in [1.807, 2.05) is 20.8 Å². The van der Waals surface area contributed by atoms with Crippen molar-refractivity contribution in [3.63, 3.8) is 0 Å². The molecule has 0 aliphatic rings. The summed E-state index contributed by atoms with van der Waals surface area (Å²) >= 11 is 0. The van der Waals surface area contributed by atoms with Crippen LogP contribution in [-0.4, -0.2) is 22.2 Å². The Morgan fingerprint density at radius 1 is 1.67 bits per heavy atom. The molecule has 0 bridgehead atoms. The second kappa shape index (κ2) is 5.35. The van der Waals surface area contributed by atoms with E-state index in [1.165, 1.54) is 0 Å². The Bertz CT molecular complexity index is 327. The predicted molar refractivity (Wildman–Crippen MR) is 60.1 cm³/mol. The van der Waals surface area contributed by atoms with E-state index in [2.05, 4.69) is 25.9 Å². The van der Waals surface area contributed by atoms with Crippen molar-refractivity contribution in [2.45, 2.75) is 33.4 Å². The summed E-state index contributed by atoms with van der Waals surface area (Å²) in [5.74, 6) is 5.92. The topological polar surface area (TPSA) is 91.1 Å². The van der Waals surface area contributed by atoms with Crippen LogP contribution >= 0.6 is 0 Å². The average molecular weight is 210 g/mol. The van der Waals surface area contributed by atoms with Crippen molar-refractivity contribution in [3.8, 4) is 0 Å². The molecule has 5 N–H and O–H groups in total. The van der Waals surface area contributed by atoms with Gasteiger partial charge in [-0.15, -0.1) is 0 Å². The number of guanidine groups is 1. The summed E-state index contributed by atoms with van der Waals surface area (Å²) in [4.78, 5) is 4.30. The van der Waals surface area contributed by atoms with Crippen molar-refractivity contribution in [3.05, 3.63) is 17.5 Å². The van der Waals surface area contributed by atoms with Crippen LogP contribution < -0.4 is 16.6 Å². The number of hydrogen-bond donors (Lipinski definition) is 4. The van der Waals surface area contributed by atoms with Gasteiger partial charge < -0.3 is 5.32 Å². The molecule has 0 unspecified atom stereocenters. The molecular formula is C9H18N6. The summed E-state index contributed by atoms with van der Waals surface area (Å²) in [6.07, 6.45) is 1.77. The Morgan fingerprint density at radius 2 is 2.40 bits per heavy atom. The number of aryl methyl sites for hydroxylation is 1. The van der Waals surface area contributed by atoms with Crippen LogP contribution in [0.1, 0.15) is 25.1 Å². The summed E-state index contributed by atoms with van der Waals surface area (Å²) in [5, 5.41) is 9.87. The van der Waals surface area contributed by atoms with Crippen LogP contribution in [0.2, 0.25) is 0 Å². The van der Waals surface area contributed by atoms with Crippen molar-refractivity contribution in [1.29, 1.82) is 0 Å². The largest absolute Gasteiger partial charge is 0.353 e. The molecule has 1 rings (SSSR count). The van der Waals surface area contributed by atoms with Crippen LogP contribution in [0.3, 0.4) is 0 Å². The molecule has 6 nitrogen and oxygen atoms in total. The first-order valence-electron chi connectivity index (χ1n) is 4.90. The zero-order chi connectivity index (χ0) is 11.3. The van der Waals surface area contributed by atoms with Gasteiger partial charge in [-0.1, -0.05) is 0 Å². The van der Waals surface area contributed by atoms with Gasteiger partial charge in [-0.3, -0.25) is 10.5 Å². The van der Waals surface area contributed by atoms with Gasteiger partial charge in [-0.25, -0.2) is 10.8 Å². The van der Waals surface area contributed by atoms with Gasteiger partial charge in [0.25, 0.3) is 0 Å². The van der Waals surface area contributed by atoms with Crippen LogP contribution in [0, 0.1) is 6.92 Å². The number of rotatable bonds is 3. The van der Waals surface area contributed by atoms with Crippen LogP contribution in [0.4, 0.5) is 0 Å². The molecule has 15 heavy (non-hydrogen) atoms. The third-order valence-corrected chi connectivity index (χ3v) is 1.90. The van der Waals surface area contributed by atoms with E-state index in [9.17, 15) is 0 Å². The summed E-state index contributed by atoms with van der Waals surface area (Å²) in [6, 6.07) is 0.297. The quantitative estimate of drug-likeness (QED) is 0.245. The van der Waals surface area contributed by atoms with Crippen LogP contribution in [0.25, 0.3) is 0 Å². The van der Waals surface area contributed by atoms with Gasteiger partial charge in [-0.05, 0) is 20.8 Å². The zero-order valence-corrected chi connectivity index (χ0v) is 9.33. The molecule has 0 aromatic carbocycles. The third-order valence-electron chi connectivity index (χ3n) is 1.90. The minimum absolute atomic E-state index is 0.297. The number of hydrazine groups is 1. The molecule has 0 amide bonds. The van der Waals surface area contributed by atoms with E-state index in [-0.39, 0.29) is 0 Å². The first kappa shape index (κ1) is 11.5. The lowest BCUT2D eigenvalue weighted by Crippen LogP contribution is -2.44. The summed E-state index contributed by atoms with van der Waals surface area (Å²) in [7, 11) is 0. The van der Waals surface area contributed by atoms with Gasteiger partial charge in [0, 0.05) is 17.3 Å². The molecule has 0 spiro atoms. The molecule has 1 heterocycles. The van der Waals surface area contributed by atoms with E-state index in [0.717, 1.165) is 11.3 Å². The fourth-order valence-electron chi connectivity index (χ4n) is 1.11. The maximum Gasteiger partial charge on any atom is 0.206 e. The second-order valence-electron chi connectivity index (χ2n) is 3.63. The minimum atomic E-state index is 0.297. The van der Waals surface area contributed by atoms with E-state index in [1.54, 1.807) is 6.20 Å². The number of nitrogens with two attached hydrogens (primary N) is 1. The summed E-state index contributed by atoms with van der Waals surface area (Å²) < 4.78 is 0. The number of aromatic amines is 1. The molecule has 0 aliphatic heterocycles. The number of nitrogens with zero attached hydrogens (tertiary/aromatic N) is 2. The molecule has 0 fully saturated rings. The summed E-state index contributed by atoms with van der Waals surface area (Å²) in [5.41, 5.74) is 4.61. The molecule has 0 saturated heterocycles. The van der Waals surface area contributed by atoms with Gasteiger partial charge in [0.05, 0.1) is 12.7 Å². The maximum absolute atomic E-state index is 5.33. The van der Waals surface area contributed by atoms with E-state index in [4.69, 9.17) is 5.84 Å². The Labute approximate surface area is 89.3 Å². The highest BCUT2D eigenvalue weighted by atomic mass is 15.3. The average Bonchev–Trinajstić information content (AvgIpc) is 2.58. The molecular weight excluding hydrogens is 192 g/mol. The molecule has 84 valence electrons. The smallest absolute Gasteiger partial charge is 0.206 e. The molecule has 1 aromatic rings. The van der Waals surface area contributed by atoms with E-state index >= 15 is 0 Å².